The zero-order valence-electron chi connectivity index (χ0n) is 9.99. The second-order valence-electron chi connectivity index (χ2n) is 4.05. The van der Waals surface area contributed by atoms with Gasteiger partial charge in [-0.1, -0.05) is 0 Å². The highest BCUT2D eigenvalue weighted by Crippen LogP contribution is 2.32. The lowest BCUT2D eigenvalue weighted by atomic mass is 10.2. The zero-order chi connectivity index (χ0) is 13.9. The van der Waals surface area contributed by atoms with Crippen molar-refractivity contribution in [2.75, 3.05) is 6.61 Å². The molecule has 0 fully saturated rings. The van der Waals surface area contributed by atoms with Gasteiger partial charge in [0.1, 0.15) is 0 Å². The van der Waals surface area contributed by atoms with Crippen molar-refractivity contribution in [1.82, 2.24) is 4.57 Å². The minimum absolute atomic E-state index is 0.0263. The third-order valence-electron chi connectivity index (χ3n) is 2.22. The highest BCUT2D eigenvalue weighted by atomic mass is 19.4. The molecule has 0 saturated carbocycles. The van der Waals surface area contributed by atoms with Gasteiger partial charge in [0.15, 0.2) is 0 Å². The van der Waals surface area contributed by atoms with Crippen LogP contribution in [-0.4, -0.2) is 28.4 Å². The molecule has 0 aromatic carbocycles. The van der Waals surface area contributed by atoms with E-state index in [0.29, 0.717) is 0 Å². The van der Waals surface area contributed by atoms with Crippen LogP contribution in [0.15, 0.2) is 12.4 Å². The first-order valence-electron chi connectivity index (χ1n) is 5.33. The summed E-state index contributed by atoms with van der Waals surface area (Å²) >= 11 is 0. The highest BCUT2D eigenvalue weighted by molar-refractivity contribution is 5.89. The number of carboxylic acid groups (broad SMARTS) is 1. The average Bonchev–Trinajstić information content (AvgIpc) is 2.60. The van der Waals surface area contributed by atoms with Crippen LogP contribution in [0.5, 0.6) is 0 Å². The van der Waals surface area contributed by atoms with E-state index in [4.69, 9.17) is 9.84 Å². The summed E-state index contributed by atoms with van der Waals surface area (Å²) in [6.07, 6.45) is -2.94. The number of ether oxygens (including phenoxy) is 1. The normalized spacial score (nSPS) is 12.1. The first-order chi connectivity index (χ1) is 8.21. The lowest BCUT2D eigenvalue weighted by Crippen LogP contribution is -2.10. The van der Waals surface area contributed by atoms with Crippen molar-refractivity contribution in [1.29, 1.82) is 0 Å². The second kappa shape index (κ2) is 5.43. The predicted octanol–water partition coefficient (Wildman–Crippen LogP) is 2.63. The minimum Gasteiger partial charge on any atom is -0.478 e. The third kappa shape index (κ3) is 3.76. The molecule has 0 atom stereocenters. The molecule has 0 aliphatic carbocycles. The number of halogens is 3. The van der Waals surface area contributed by atoms with Crippen LogP contribution in [0.1, 0.15) is 29.8 Å². The molecule has 0 amide bonds. The van der Waals surface area contributed by atoms with Gasteiger partial charge in [0.2, 0.25) is 0 Å². The summed E-state index contributed by atoms with van der Waals surface area (Å²) in [6.45, 7) is 4.01. The van der Waals surface area contributed by atoms with Crippen LogP contribution in [-0.2, 0) is 17.5 Å². The van der Waals surface area contributed by atoms with Crippen LogP contribution >= 0.6 is 0 Å². The van der Waals surface area contributed by atoms with Gasteiger partial charge < -0.3 is 14.4 Å². The predicted molar refractivity (Wildman–Crippen MR) is 57.5 cm³/mol. The van der Waals surface area contributed by atoms with E-state index in [0.717, 1.165) is 12.4 Å². The second-order valence-corrected chi connectivity index (χ2v) is 4.05. The summed E-state index contributed by atoms with van der Waals surface area (Å²) < 4.78 is 44.1. The smallest absolute Gasteiger partial charge is 0.418 e. The maximum Gasteiger partial charge on any atom is 0.418 e. The molecule has 1 aromatic rings. The molecule has 1 heterocycles. The largest absolute Gasteiger partial charge is 0.478 e. The summed E-state index contributed by atoms with van der Waals surface area (Å²) in [5.74, 6) is -1.59. The summed E-state index contributed by atoms with van der Waals surface area (Å²) in [5, 5.41) is 8.71. The van der Waals surface area contributed by atoms with E-state index < -0.39 is 23.3 Å². The highest BCUT2D eigenvalue weighted by Gasteiger charge is 2.36. The maximum atomic E-state index is 12.6. The quantitative estimate of drug-likeness (QED) is 0.890. The molecule has 0 aliphatic heterocycles. The van der Waals surface area contributed by atoms with Gasteiger partial charge in [-0.05, 0) is 13.8 Å². The Morgan fingerprint density at radius 3 is 2.44 bits per heavy atom. The van der Waals surface area contributed by atoms with Gasteiger partial charge in [0.05, 0.1) is 23.8 Å². The van der Waals surface area contributed by atoms with E-state index in [1.54, 1.807) is 13.8 Å². The molecule has 1 N–H and O–H groups in total. The van der Waals surface area contributed by atoms with Gasteiger partial charge in [0.25, 0.3) is 0 Å². The van der Waals surface area contributed by atoms with Crippen molar-refractivity contribution >= 4 is 5.97 Å². The van der Waals surface area contributed by atoms with E-state index in [-0.39, 0.29) is 19.3 Å². The van der Waals surface area contributed by atoms with Crippen LogP contribution < -0.4 is 0 Å². The molecule has 0 aliphatic rings. The molecule has 7 heteroatoms. The summed E-state index contributed by atoms with van der Waals surface area (Å²) in [4.78, 5) is 10.7. The number of nitrogens with zero attached hydrogens (tertiary/aromatic N) is 1. The Labute approximate surface area is 102 Å². The van der Waals surface area contributed by atoms with Gasteiger partial charge in [-0.3, -0.25) is 0 Å². The minimum atomic E-state index is -4.67. The standard InChI is InChI=1S/C11H14F3NO3/c1-7(2)18-4-3-15-5-8(10(16)17)9(6-15)11(12,13)14/h5-7H,3-4H2,1-2H3,(H,16,17). The summed E-state index contributed by atoms with van der Waals surface area (Å²) in [5.41, 5.74) is -1.88. The van der Waals surface area contributed by atoms with E-state index in [1.165, 1.54) is 4.57 Å². The lowest BCUT2D eigenvalue weighted by Gasteiger charge is -2.08. The van der Waals surface area contributed by atoms with Crippen LogP contribution in [0, 0.1) is 0 Å². The Bertz CT molecular complexity index is 424. The van der Waals surface area contributed by atoms with Gasteiger partial charge in [-0.15, -0.1) is 0 Å². The number of carboxylic acids is 1. The molecular formula is C11H14F3NO3. The van der Waals surface area contributed by atoms with Crippen molar-refractivity contribution in [3.63, 3.8) is 0 Å². The van der Waals surface area contributed by atoms with Crippen molar-refractivity contribution in [3.05, 3.63) is 23.5 Å². The fraction of sp³-hybridized carbons (Fsp3) is 0.545. The Morgan fingerprint density at radius 2 is 2.06 bits per heavy atom. The molecule has 1 aromatic heterocycles. The molecule has 1 rings (SSSR count). The molecular weight excluding hydrogens is 251 g/mol. The molecule has 0 bridgehead atoms. The topological polar surface area (TPSA) is 51.5 Å². The number of aromatic nitrogens is 1. The van der Waals surface area contributed by atoms with Crippen molar-refractivity contribution in [3.8, 4) is 0 Å². The van der Waals surface area contributed by atoms with Gasteiger partial charge in [-0.2, -0.15) is 13.2 Å². The Morgan fingerprint density at radius 1 is 1.44 bits per heavy atom. The molecule has 4 nitrogen and oxygen atoms in total. The SMILES string of the molecule is CC(C)OCCn1cc(C(=O)O)c(C(F)(F)F)c1. The number of aromatic carboxylic acids is 1. The van der Waals surface area contributed by atoms with Gasteiger partial charge >= 0.3 is 12.1 Å². The van der Waals surface area contributed by atoms with Crippen LogP contribution in [0.2, 0.25) is 0 Å². The Kier molecular flexibility index (Phi) is 4.39. The summed E-state index contributed by atoms with van der Waals surface area (Å²) in [7, 11) is 0. The average molecular weight is 265 g/mol. The van der Waals surface area contributed by atoms with Crippen LogP contribution in [0.4, 0.5) is 13.2 Å². The number of rotatable bonds is 5. The van der Waals surface area contributed by atoms with Crippen molar-refractivity contribution in [2.24, 2.45) is 0 Å². The number of hydrogen-bond acceptors (Lipinski definition) is 2. The van der Waals surface area contributed by atoms with Crippen LogP contribution in [0.25, 0.3) is 0 Å². The molecule has 0 spiro atoms. The molecule has 0 saturated heterocycles. The van der Waals surface area contributed by atoms with Crippen LogP contribution in [0.3, 0.4) is 0 Å². The van der Waals surface area contributed by atoms with E-state index >= 15 is 0 Å². The third-order valence-corrected chi connectivity index (χ3v) is 2.22. The number of carbonyl (C=O) groups is 1. The fourth-order valence-corrected chi connectivity index (χ4v) is 1.43. The van der Waals surface area contributed by atoms with Crippen molar-refractivity contribution in [2.45, 2.75) is 32.7 Å². The molecule has 0 radical (unpaired) electrons. The molecule has 18 heavy (non-hydrogen) atoms. The number of hydrogen-bond donors (Lipinski definition) is 1. The first kappa shape index (κ1) is 14.6. The molecule has 0 unspecified atom stereocenters. The Hall–Kier alpha value is -1.50. The summed E-state index contributed by atoms with van der Waals surface area (Å²) in [6, 6.07) is 0. The van der Waals surface area contributed by atoms with E-state index in [9.17, 15) is 18.0 Å². The molecule has 102 valence electrons. The monoisotopic (exact) mass is 265 g/mol. The lowest BCUT2D eigenvalue weighted by molar-refractivity contribution is -0.138. The van der Waals surface area contributed by atoms with Gasteiger partial charge in [-0.25, -0.2) is 4.79 Å². The van der Waals surface area contributed by atoms with E-state index in [1.807, 2.05) is 0 Å². The zero-order valence-corrected chi connectivity index (χ0v) is 9.99. The van der Waals surface area contributed by atoms with E-state index in [2.05, 4.69) is 0 Å². The Balaban J connectivity index is 2.86. The first-order valence-corrected chi connectivity index (χ1v) is 5.33. The fourth-order valence-electron chi connectivity index (χ4n) is 1.43. The van der Waals surface area contributed by atoms with Crippen molar-refractivity contribution < 1.29 is 27.8 Å². The van der Waals surface area contributed by atoms with Gasteiger partial charge in [0, 0.05) is 18.9 Å². The maximum absolute atomic E-state index is 12.6. The number of alkyl halides is 3.